The molecule has 0 bridgehead atoms. The number of hydrogen-bond acceptors (Lipinski definition) is 3. The van der Waals surface area contributed by atoms with Crippen molar-refractivity contribution in [2.45, 2.75) is 26.3 Å². The molecule has 72 valence electrons. The molecule has 0 amide bonds. The van der Waals surface area contributed by atoms with Crippen LogP contribution in [0.15, 0.2) is 0 Å². The quantitative estimate of drug-likeness (QED) is 0.552. The van der Waals surface area contributed by atoms with Crippen LogP contribution in [0.25, 0.3) is 0 Å². The summed E-state index contributed by atoms with van der Waals surface area (Å²) >= 11 is 0. The molecule has 0 aliphatic carbocycles. The number of carboxylic acids is 1. The summed E-state index contributed by atoms with van der Waals surface area (Å²) in [5, 5.41) is 11.4. The highest BCUT2D eigenvalue weighted by molar-refractivity contribution is 5.67. The summed E-state index contributed by atoms with van der Waals surface area (Å²) in [5.41, 5.74) is 0. The number of carbonyl (C=O) groups is 1. The molecule has 0 aliphatic heterocycles. The molecule has 0 spiro atoms. The Balaban J connectivity index is 3.05. The minimum absolute atomic E-state index is 0.206. The number of aliphatic carboxylic acids is 1. The second-order valence-electron chi connectivity index (χ2n) is 2.71. The molecule has 0 saturated carbocycles. The molecular weight excluding hydrogens is 158 g/mol. The zero-order chi connectivity index (χ0) is 9.40. The lowest BCUT2D eigenvalue weighted by atomic mass is 10.3. The minimum atomic E-state index is -0.918. The van der Waals surface area contributed by atoms with Crippen molar-refractivity contribution in [3.05, 3.63) is 0 Å². The summed E-state index contributed by atoms with van der Waals surface area (Å²) in [6.07, 6.45) is 1.07. The van der Waals surface area contributed by atoms with Gasteiger partial charge < -0.3 is 15.2 Å². The van der Waals surface area contributed by atoms with Gasteiger partial charge in [0, 0.05) is 12.6 Å². The second-order valence-corrected chi connectivity index (χ2v) is 2.71. The standard InChI is InChI=1S/C8H17NO3/c1-3-7(2)9-4-5-12-6-8(10)11/h7,9H,3-6H2,1-2H3,(H,10,11). The van der Waals surface area contributed by atoms with E-state index in [1.165, 1.54) is 0 Å². The maximum atomic E-state index is 10.0. The first-order valence-electron chi connectivity index (χ1n) is 4.19. The van der Waals surface area contributed by atoms with Crippen LogP contribution in [-0.2, 0) is 9.53 Å². The number of rotatable bonds is 7. The van der Waals surface area contributed by atoms with Crippen LogP contribution in [0.3, 0.4) is 0 Å². The van der Waals surface area contributed by atoms with E-state index in [4.69, 9.17) is 9.84 Å². The van der Waals surface area contributed by atoms with E-state index in [0.717, 1.165) is 6.42 Å². The van der Waals surface area contributed by atoms with Crippen molar-refractivity contribution in [1.29, 1.82) is 0 Å². The van der Waals surface area contributed by atoms with Crippen LogP contribution in [0.4, 0.5) is 0 Å². The van der Waals surface area contributed by atoms with Gasteiger partial charge in [0.1, 0.15) is 6.61 Å². The highest BCUT2D eigenvalue weighted by Gasteiger charge is 1.97. The van der Waals surface area contributed by atoms with Crippen molar-refractivity contribution >= 4 is 5.97 Å². The molecule has 1 unspecified atom stereocenters. The predicted molar refractivity (Wildman–Crippen MR) is 46.2 cm³/mol. The van der Waals surface area contributed by atoms with Crippen LogP contribution < -0.4 is 5.32 Å². The van der Waals surface area contributed by atoms with Crippen LogP contribution in [-0.4, -0.2) is 36.9 Å². The Hall–Kier alpha value is -0.610. The summed E-state index contributed by atoms with van der Waals surface area (Å²) in [7, 11) is 0. The molecule has 0 aliphatic rings. The fourth-order valence-electron chi connectivity index (χ4n) is 0.681. The van der Waals surface area contributed by atoms with Crippen molar-refractivity contribution in [2.75, 3.05) is 19.8 Å². The maximum absolute atomic E-state index is 10.0. The Kier molecular flexibility index (Phi) is 6.70. The number of ether oxygens (including phenoxy) is 1. The Morgan fingerprint density at radius 1 is 1.67 bits per heavy atom. The monoisotopic (exact) mass is 175 g/mol. The highest BCUT2D eigenvalue weighted by atomic mass is 16.5. The van der Waals surface area contributed by atoms with Gasteiger partial charge in [0.05, 0.1) is 6.61 Å². The first-order chi connectivity index (χ1) is 5.66. The van der Waals surface area contributed by atoms with Crippen molar-refractivity contribution < 1.29 is 14.6 Å². The lowest BCUT2D eigenvalue weighted by Crippen LogP contribution is -2.29. The summed E-state index contributed by atoms with van der Waals surface area (Å²) in [5.74, 6) is -0.918. The van der Waals surface area contributed by atoms with Crippen molar-refractivity contribution in [3.63, 3.8) is 0 Å². The third-order valence-electron chi connectivity index (χ3n) is 1.58. The minimum Gasteiger partial charge on any atom is -0.480 e. The van der Waals surface area contributed by atoms with Gasteiger partial charge in [-0.05, 0) is 13.3 Å². The van der Waals surface area contributed by atoms with Gasteiger partial charge in [-0.3, -0.25) is 0 Å². The Labute approximate surface area is 72.9 Å². The molecule has 0 fully saturated rings. The fourth-order valence-corrected chi connectivity index (χ4v) is 0.681. The van der Waals surface area contributed by atoms with Crippen molar-refractivity contribution in [3.8, 4) is 0 Å². The Morgan fingerprint density at radius 3 is 2.83 bits per heavy atom. The average molecular weight is 175 g/mol. The van der Waals surface area contributed by atoms with Gasteiger partial charge in [0.15, 0.2) is 0 Å². The molecule has 0 aromatic carbocycles. The number of nitrogens with one attached hydrogen (secondary N) is 1. The van der Waals surface area contributed by atoms with Gasteiger partial charge in [-0.1, -0.05) is 6.92 Å². The van der Waals surface area contributed by atoms with Crippen LogP contribution in [0.1, 0.15) is 20.3 Å². The molecule has 4 heteroatoms. The van der Waals surface area contributed by atoms with E-state index < -0.39 is 5.97 Å². The molecule has 12 heavy (non-hydrogen) atoms. The Bertz CT molecular complexity index is 127. The van der Waals surface area contributed by atoms with E-state index in [0.29, 0.717) is 19.2 Å². The van der Waals surface area contributed by atoms with Crippen LogP contribution in [0, 0.1) is 0 Å². The van der Waals surface area contributed by atoms with Crippen molar-refractivity contribution in [2.24, 2.45) is 0 Å². The van der Waals surface area contributed by atoms with Gasteiger partial charge in [-0.25, -0.2) is 4.79 Å². The maximum Gasteiger partial charge on any atom is 0.329 e. The third kappa shape index (κ3) is 7.50. The largest absolute Gasteiger partial charge is 0.480 e. The van der Waals surface area contributed by atoms with Gasteiger partial charge in [-0.15, -0.1) is 0 Å². The van der Waals surface area contributed by atoms with E-state index in [-0.39, 0.29) is 6.61 Å². The highest BCUT2D eigenvalue weighted by Crippen LogP contribution is 1.86. The van der Waals surface area contributed by atoms with Crippen LogP contribution >= 0.6 is 0 Å². The Morgan fingerprint density at radius 2 is 2.33 bits per heavy atom. The molecular formula is C8H17NO3. The summed E-state index contributed by atoms with van der Waals surface area (Å²) < 4.78 is 4.83. The van der Waals surface area contributed by atoms with E-state index in [1.807, 2.05) is 0 Å². The molecule has 0 radical (unpaired) electrons. The molecule has 1 atom stereocenters. The topological polar surface area (TPSA) is 58.6 Å². The normalized spacial score (nSPS) is 12.8. The molecule has 4 nitrogen and oxygen atoms in total. The van der Waals surface area contributed by atoms with Crippen molar-refractivity contribution in [1.82, 2.24) is 5.32 Å². The van der Waals surface area contributed by atoms with E-state index >= 15 is 0 Å². The summed E-state index contributed by atoms with van der Waals surface area (Å²) in [6, 6.07) is 0.471. The van der Waals surface area contributed by atoms with E-state index in [9.17, 15) is 4.79 Å². The van der Waals surface area contributed by atoms with E-state index in [2.05, 4.69) is 19.2 Å². The van der Waals surface area contributed by atoms with Gasteiger partial charge >= 0.3 is 5.97 Å². The molecule has 2 N–H and O–H groups in total. The van der Waals surface area contributed by atoms with Gasteiger partial charge in [0.25, 0.3) is 0 Å². The van der Waals surface area contributed by atoms with Gasteiger partial charge in [-0.2, -0.15) is 0 Å². The first kappa shape index (κ1) is 11.4. The van der Waals surface area contributed by atoms with Crippen LogP contribution in [0.5, 0.6) is 0 Å². The average Bonchev–Trinajstić information content (AvgIpc) is 2.03. The van der Waals surface area contributed by atoms with Gasteiger partial charge in [0.2, 0.25) is 0 Å². The first-order valence-corrected chi connectivity index (χ1v) is 4.19. The lowest BCUT2D eigenvalue weighted by Gasteiger charge is -2.10. The number of carboxylic acid groups (broad SMARTS) is 1. The molecule has 0 rings (SSSR count). The predicted octanol–water partition coefficient (Wildman–Crippen LogP) is 0.476. The SMILES string of the molecule is CCC(C)NCCOCC(=O)O. The lowest BCUT2D eigenvalue weighted by molar-refractivity contribution is -0.142. The summed E-state index contributed by atoms with van der Waals surface area (Å²) in [4.78, 5) is 10.0. The van der Waals surface area contributed by atoms with E-state index in [1.54, 1.807) is 0 Å². The zero-order valence-corrected chi connectivity index (χ0v) is 7.67. The molecule has 0 saturated heterocycles. The second kappa shape index (κ2) is 7.06. The zero-order valence-electron chi connectivity index (χ0n) is 7.67. The molecule has 0 heterocycles. The number of hydrogen-bond donors (Lipinski definition) is 2. The van der Waals surface area contributed by atoms with Crippen LogP contribution in [0.2, 0.25) is 0 Å². The fraction of sp³-hybridized carbons (Fsp3) is 0.875. The smallest absolute Gasteiger partial charge is 0.329 e. The summed E-state index contributed by atoms with van der Waals surface area (Å²) in [6.45, 7) is 5.13. The molecule has 0 aromatic heterocycles. The third-order valence-corrected chi connectivity index (χ3v) is 1.58. The molecule has 0 aromatic rings.